The van der Waals surface area contributed by atoms with Gasteiger partial charge in [-0.25, -0.2) is 0 Å². The molecule has 160 valence electrons. The highest BCUT2D eigenvalue weighted by Gasteiger charge is 2.28. The molecule has 5 nitrogen and oxygen atoms in total. The van der Waals surface area contributed by atoms with Crippen LogP contribution in [0.5, 0.6) is 5.75 Å². The minimum atomic E-state index is -0.615. The largest absolute Gasteiger partial charge is 0.481 e. The number of furan rings is 1. The Bertz CT molecular complexity index is 1010. The van der Waals surface area contributed by atoms with E-state index < -0.39 is 6.10 Å². The van der Waals surface area contributed by atoms with Crippen LogP contribution in [0.15, 0.2) is 84.0 Å². The number of amides is 1. The Hall–Kier alpha value is -3.31. The molecule has 0 saturated heterocycles. The van der Waals surface area contributed by atoms with Gasteiger partial charge in [0.2, 0.25) is 0 Å². The van der Waals surface area contributed by atoms with Crippen LogP contribution in [0.4, 0.5) is 0 Å². The van der Waals surface area contributed by atoms with E-state index in [1.165, 1.54) is 16.7 Å². The number of fused-ring (bicyclic) bond motifs is 1. The summed E-state index contributed by atoms with van der Waals surface area (Å²) in [5.74, 6) is 1.23. The van der Waals surface area contributed by atoms with Crippen molar-refractivity contribution >= 4 is 5.91 Å². The number of ether oxygens (including phenoxy) is 1. The van der Waals surface area contributed by atoms with E-state index >= 15 is 0 Å². The van der Waals surface area contributed by atoms with Crippen molar-refractivity contribution in [2.75, 3.05) is 13.1 Å². The standard InChI is InChI=1S/C26H28N2O3/c1-3-14-28-15-13-20-11-12-22(17-24(20)25(28)21-8-5-4-6-9-21)31-19(2)26(29)27-18-23-10-7-16-30-23/h3-12,16-17,19,25H,1,13-15,18H2,2H3,(H,27,29)/t19-,25+/m0/s1. The summed E-state index contributed by atoms with van der Waals surface area (Å²) >= 11 is 0. The molecule has 5 heteroatoms. The van der Waals surface area contributed by atoms with Crippen molar-refractivity contribution < 1.29 is 13.9 Å². The summed E-state index contributed by atoms with van der Waals surface area (Å²) in [7, 11) is 0. The number of benzene rings is 2. The van der Waals surface area contributed by atoms with Crippen molar-refractivity contribution in [3.63, 3.8) is 0 Å². The van der Waals surface area contributed by atoms with Crippen molar-refractivity contribution in [2.45, 2.75) is 32.0 Å². The lowest BCUT2D eigenvalue weighted by Crippen LogP contribution is -2.37. The maximum atomic E-state index is 12.5. The molecule has 0 fully saturated rings. The lowest BCUT2D eigenvalue weighted by Gasteiger charge is -2.37. The molecule has 31 heavy (non-hydrogen) atoms. The minimum absolute atomic E-state index is 0.134. The maximum Gasteiger partial charge on any atom is 0.261 e. The molecular weight excluding hydrogens is 388 g/mol. The number of rotatable bonds is 8. The molecule has 2 aromatic carbocycles. The Morgan fingerprint density at radius 2 is 2.10 bits per heavy atom. The van der Waals surface area contributed by atoms with Gasteiger partial charge in [-0.15, -0.1) is 6.58 Å². The van der Waals surface area contributed by atoms with Crippen molar-refractivity contribution in [3.8, 4) is 5.75 Å². The van der Waals surface area contributed by atoms with E-state index in [2.05, 4.69) is 53.2 Å². The van der Waals surface area contributed by atoms with Crippen LogP contribution in [0, 0.1) is 0 Å². The predicted molar refractivity (Wildman–Crippen MR) is 121 cm³/mol. The van der Waals surface area contributed by atoms with Gasteiger partial charge in [0.05, 0.1) is 18.8 Å². The highest BCUT2D eigenvalue weighted by Crippen LogP contribution is 2.37. The minimum Gasteiger partial charge on any atom is -0.481 e. The fourth-order valence-electron chi connectivity index (χ4n) is 4.10. The third-order valence-electron chi connectivity index (χ3n) is 5.62. The molecule has 3 aromatic rings. The molecule has 1 aromatic heterocycles. The lowest BCUT2D eigenvalue weighted by atomic mass is 9.88. The van der Waals surface area contributed by atoms with Gasteiger partial charge in [0.15, 0.2) is 6.10 Å². The first-order chi connectivity index (χ1) is 15.2. The van der Waals surface area contributed by atoms with Crippen molar-refractivity contribution in [1.29, 1.82) is 0 Å². The smallest absolute Gasteiger partial charge is 0.261 e. The van der Waals surface area contributed by atoms with Crippen LogP contribution in [0.1, 0.15) is 35.4 Å². The third kappa shape index (κ3) is 4.89. The van der Waals surface area contributed by atoms with Crippen LogP contribution in [-0.2, 0) is 17.8 Å². The van der Waals surface area contributed by atoms with Gasteiger partial charge in [0.1, 0.15) is 11.5 Å². The zero-order valence-corrected chi connectivity index (χ0v) is 17.8. The van der Waals surface area contributed by atoms with E-state index in [1.54, 1.807) is 19.3 Å². The summed E-state index contributed by atoms with van der Waals surface area (Å²) in [4.78, 5) is 14.9. The first kappa shape index (κ1) is 20.9. The third-order valence-corrected chi connectivity index (χ3v) is 5.62. The molecule has 0 spiro atoms. The Balaban J connectivity index is 1.53. The number of nitrogens with one attached hydrogen (secondary N) is 1. The number of carbonyl (C=O) groups excluding carboxylic acids is 1. The van der Waals surface area contributed by atoms with Crippen LogP contribution < -0.4 is 10.1 Å². The first-order valence-electron chi connectivity index (χ1n) is 10.6. The Labute approximate surface area is 183 Å². The lowest BCUT2D eigenvalue weighted by molar-refractivity contribution is -0.127. The number of nitrogens with zero attached hydrogens (tertiary/aromatic N) is 1. The highest BCUT2D eigenvalue weighted by molar-refractivity contribution is 5.80. The molecule has 0 unspecified atom stereocenters. The molecule has 1 amide bonds. The highest BCUT2D eigenvalue weighted by atomic mass is 16.5. The average molecular weight is 417 g/mol. The topological polar surface area (TPSA) is 54.7 Å². The van der Waals surface area contributed by atoms with Crippen LogP contribution >= 0.6 is 0 Å². The van der Waals surface area contributed by atoms with Gasteiger partial charge in [-0.1, -0.05) is 42.5 Å². The van der Waals surface area contributed by atoms with Gasteiger partial charge in [0, 0.05) is 13.1 Å². The molecule has 0 bridgehead atoms. The van der Waals surface area contributed by atoms with E-state index in [4.69, 9.17) is 9.15 Å². The first-order valence-corrected chi connectivity index (χ1v) is 10.6. The average Bonchev–Trinajstić information content (AvgIpc) is 3.31. The summed E-state index contributed by atoms with van der Waals surface area (Å²) in [6.45, 7) is 7.83. The summed E-state index contributed by atoms with van der Waals surface area (Å²) in [5, 5.41) is 2.85. The fourth-order valence-corrected chi connectivity index (χ4v) is 4.10. The van der Waals surface area contributed by atoms with Crippen LogP contribution in [-0.4, -0.2) is 30.0 Å². The summed E-state index contributed by atoms with van der Waals surface area (Å²) < 4.78 is 11.3. The molecule has 4 rings (SSSR count). The molecule has 1 aliphatic heterocycles. The van der Waals surface area contributed by atoms with Crippen LogP contribution in [0.25, 0.3) is 0 Å². The number of carbonyl (C=O) groups is 1. The van der Waals surface area contributed by atoms with E-state index in [9.17, 15) is 4.79 Å². The second kappa shape index (κ2) is 9.67. The number of hydrogen-bond acceptors (Lipinski definition) is 4. The molecule has 0 radical (unpaired) electrons. The molecular formula is C26H28N2O3. The van der Waals surface area contributed by atoms with Gasteiger partial charge in [-0.05, 0) is 54.3 Å². The molecule has 2 atom stereocenters. The van der Waals surface area contributed by atoms with Crippen molar-refractivity contribution in [2.24, 2.45) is 0 Å². The zero-order valence-electron chi connectivity index (χ0n) is 17.8. The monoisotopic (exact) mass is 416 g/mol. The zero-order chi connectivity index (χ0) is 21.6. The van der Waals surface area contributed by atoms with Gasteiger partial charge in [0.25, 0.3) is 5.91 Å². The van der Waals surface area contributed by atoms with E-state index in [-0.39, 0.29) is 11.9 Å². The van der Waals surface area contributed by atoms with E-state index in [0.717, 1.165) is 19.5 Å². The van der Waals surface area contributed by atoms with Crippen molar-refractivity contribution in [1.82, 2.24) is 10.2 Å². The maximum absolute atomic E-state index is 12.5. The van der Waals surface area contributed by atoms with Gasteiger partial charge < -0.3 is 14.5 Å². The second-order valence-electron chi connectivity index (χ2n) is 7.76. The van der Waals surface area contributed by atoms with Crippen LogP contribution in [0.2, 0.25) is 0 Å². The quantitative estimate of drug-likeness (QED) is 0.550. The molecule has 0 aliphatic carbocycles. The molecule has 1 N–H and O–H groups in total. The second-order valence-corrected chi connectivity index (χ2v) is 7.76. The fraction of sp³-hybridized carbons (Fsp3) is 0.269. The molecule has 1 aliphatic rings. The Morgan fingerprint density at radius 3 is 2.84 bits per heavy atom. The Kier molecular flexibility index (Phi) is 6.53. The Morgan fingerprint density at radius 1 is 1.26 bits per heavy atom. The predicted octanol–water partition coefficient (Wildman–Crippen LogP) is 4.50. The van der Waals surface area contributed by atoms with Gasteiger partial charge in [-0.2, -0.15) is 0 Å². The summed E-state index contributed by atoms with van der Waals surface area (Å²) in [6, 6.07) is 20.4. The number of hydrogen-bond donors (Lipinski definition) is 1. The SMILES string of the molecule is C=CCN1CCc2ccc(O[C@@H](C)C(=O)NCc3ccco3)cc2[C@H]1c1ccccc1. The molecule has 0 saturated carbocycles. The van der Waals surface area contributed by atoms with Crippen LogP contribution in [0.3, 0.4) is 0 Å². The molecule has 2 heterocycles. The van der Waals surface area contributed by atoms with Crippen molar-refractivity contribution in [3.05, 3.63) is 102 Å². The summed E-state index contributed by atoms with van der Waals surface area (Å²) in [5.41, 5.74) is 3.78. The van der Waals surface area contributed by atoms with E-state index in [0.29, 0.717) is 18.1 Å². The normalized spacial score (nSPS) is 16.9. The van der Waals surface area contributed by atoms with E-state index in [1.807, 2.05) is 24.3 Å². The van der Waals surface area contributed by atoms with Gasteiger partial charge >= 0.3 is 0 Å². The van der Waals surface area contributed by atoms with Gasteiger partial charge in [-0.3, -0.25) is 9.69 Å². The summed E-state index contributed by atoms with van der Waals surface area (Å²) in [6.07, 6.45) is 3.91.